The lowest BCUT2D eigenvalue weighted by molar-refractivity contribution is 0.660. The lowest BCUT2D eigenvalue weighted by Gasteiger charge is -2.33. The highest BCUT2D eigenvalue weighted by atomic mass is 15.1. The first-order chi connectivity index (χ1) is 31.0. The van der Waals surface area contributed by atoms with E-state index in [1.54, 1.807) is 0 Å². The molecule has 0 N–H and O–H groups in total. The van der Waals surface area contributed by atoms with Crippen molar-refractivity contribution in [2.45, 2.75) is 87.9 Å². The zero-order valence-electron chi connectivity index (χ0n) is 36.5. The van der Waals surface area contributed by atoms with Gasteiger partial charge in [0.2, 0.25) is 0 Å². The molecule has 8 aromatic carbocycles. The molecule has 5 aliphatic rings. The number of anilines is 3. The minimum absolute atomic E-state index is 0.132. The van der Waals surface area contributed by atoms with Crippen LogP contribution in [0.1, 0.15) is 122 Å². The van der Waals surface area contributed by atoms with Crippen LogP contribution in [0.15, 0.2) is 176 Å². The number of fused-ring (bicyclic) bond motifs is 13. The molecule has 2 saturated carbocycles. The second-order valence-electron chi connectivity index (χ2n) is 19.7. The quantitative estimate of drug-likeness (QED) is 0.162. The Kier molecular flexibility index (Phi) is 8.27. The normalized spacial score (nSPS) is 17.3. The Balaban J connectivity index is 1.10. The predicted octanol–water partition coefficient (Wildman–Crippen LogP) is 16.8. The van der Waals surface area contributed by atoms with Gasteiger partial charge in [0, 0.05) is 22.2 Å². The second kappa shape index (κ2) is 14.0. The lowest BCUT2D eigenvalue weighted by atomic mass is 9.69. The fourth-order valence-corrected chi connectivity index (χ4v) is 13.2. The van der Waals surface area contributed by atoms with Crippen LogP contribution in [0.25, 0.3) is 44.5 Å². The lowest BCUT2D eigenvalue weighted by Crippen LogP contribution is -2.26. The number of para-hydroxylation sites is 1. The number of nitrogens with zero attached hydrogens (tertiary/aromatic N) is 1. The highest BCUT2D eigenvalue weighted by molar-refractivity contribution is 6.03. The maximum atomic E-state index is 2.67. The molecule has 1 nitrogen and oxygen atoms in total. The zero-order valence-corrected chi connectivity index (χ0v) is 36.5. The maximum Gasteiger partial charge on any atom is 0.0726 e. The van der Waals surface area contributed by atoms with Crippen molar-refractivity contribution in [1.82, 2.24) is 0 Å². The van der Waals surface area contributed by atoms with Gasteiger partial charge in [0.1, 0.15) is 0 Å². The average molecular weight is 812 g/mol. The van der Waals surface area contributed by atoms with E-state index >= 15 is 0 Å². The van der Waals surface area contributed by atoms with Gasteiger partial charge in [-0.25, -0.2) is 0 Å². The van der Waals surface area contributed by atoms with Gasteiger partial charge in [-0.3, -0.25) is 0 Å². The molecule has 13 rings (SSSR count). The molecule has 5 aliphatic carbocycles. The molecule has 0 amide bonds. The topological polar surface area (TPSA) is 3.24 Å². The smallest absolute Gasteiger partial charge is 0.0726 e. The van der Waals surface area contributed by atoms with E-state index in [0.717, 1.165) is 0 Å². The van der Waals surface area contributed by atoms with Gasteiger partial charge in [-0.1, -0.05) is 191 Å². The van der Waals surface area contributed by atoms with Crippen LogP contribution < -0.4 is 4.90 Å². The Labute approximate surface area is 373 Å². The van der Waals surface area contributed by atoms with Gasteiger partial charge in [0.05, 0.1) is 16.8 Å². The van der Waals surface area contributed by atoms with Gasteiger partial charge >= 0.3 is 0 Å². The zero-order chi connectivity index (χ0) is 41.9. The van der Waals surface area contributed by atoms with E-state index in [2.05, 4.69) is 195 Å². The van der Waals surface area contributed by atoms with Crippen LogP contribution in [0.4, 0.5) is 17.1 Å². The molecule has 0 aliphatic heterocycles. The van der Waals surface area contributed by atoms with Gasteiger partial charge in [0.15, 0.2) is 0 Å². The number of hydrogen-bond acceptors (Lipinski definition) is 1. The van der Waals surface area contributed by atoms with E-state index in [9.17, 15) is 0 Å². The van der Waals surface area contributed by atoms with Gasteiger partial charge in [-0.2, -0.15) is 0 Å². The average Bonchev–Trinajstić information content (AvgIpc) is 4.19. The maximum absolute atomic E-state index is 2.67. The molecule has 63 heavy (non-hydrogen) atoms. The summed E-state index contributed by atoms with van der Waals surface area (Å²) in [5, 5.41) is 0. The fourth-order valence-electron chi connectivity index (χ4n) is 13.2. The van der Waals surface area contributed by atoms with Crippen molar-refractivity contribution in [2.75, 3.05) is 4.90 Å². The molecule has 0 saturated heterocycles. The van der Waals surface area contributed by atoms with Crippen LogP contribution in [0.3, 0.4) is 0 Å². The van der Waals surface area contributed by atoms with E-state index in [1.165, 1.54) is 157 Å². The molecule has 0 radical (unpaired) electrons. The minimum atomic E-state index is -0.429. The van der Waals surface area contributed by atoms with E-state index < -0.39 is 5.41 Å². The van der Waals surface area contributed by atoms with Gasteiger partial charge in [-0.15, -0.1) is 0 Å². The third-order valence-corrected chi connectivity index (χ3v) is 16.2. The van der Waals surface area contributed by atoms with Gasteiger partial charge in [0.25, 0.3) is 0 Å². The van der Waals surface area contributed by atoms with Gasteiger partial charge in [-0.05, 0) is 140 Å². The molecule has 0 heterocycles. The largest absolute Gasteiger partial charge is 0.309 e. The van der Waals surface area contributed by atoms with Crippen LogP contribution >= 0.6 is 0 Å². The summed E-state index contributed by atoms with van der Waals surface area (Å²) in [5.41, 5.74) is 25.3. The Bertz CT molecular complexity index is 3050. The van der Waals surface area contributed by atoms with Crippen LogP contribution in [-0.4, -0.2) is 0 Å². The first kappa shape index (κ1) is 37.1. The summed E-state index contributed by atoms with van der Waals surface area (Å²) >= 11 is 0. The van der Waals surface area contributed by atoms with E-state index in [4.69, 9.17) is 0 Å². The SMILES string of the molecule is CC1(C)c2ccccc2-c2ccc(N(c3ccccc3-c3ccccc3)c3cccc4c3-c3ccccc3C43c4cc(C5CCCC5)ccc4-c4ccc(C5CCCC5)cc43)cc21. The molecular formula is C62H53N. The van der Waals surface area contributed by atoms with Crippen molar-refractivity contribution in [2.24, 2.45) is 0 Å². The number of hydrogen-bond donors (Lipinski definition) is 0. The summed E-state index contributed by atoms with van der Waals surface area (Å²) in [4.78, 5) is 2.61. The third kappa shape index (κ3) is 5.29. The molecule has 306 valence electrons. The van der Waals surface area contributed by atoms with Crippen molar-refractivity contribution in [1.29, 1.82) is 0 Å². The first-order valence-corrected chi connectivity index (χ1v) is 23.7. The minimum Gasteiger partial charge on any atom is -0.309 e. The molecule has 8 aromatic rings. The Morgan fingerprint density at radius 1 is 0.381 bits per heavy atom. The highest BCUT2D eigenvalue weighted by Crippen LogP contribution is 2.66. The molecule has 0 unspecified atom stereocenters. The van der Waals surface area contributed by atoms with E-state index in [1.807, 2.05) is 0 Å². The summed E-state index contributed by atoms with van der Waals surface area (Å²) in [7, 11) is 0. The molecule has 1 heteroatoms. The van der Waals surface area contributed by atoms with Crippen LogP contribution in [0.2, 0.25) is 0 Å². The van der Waals surface area contributed by atoms with Crippen LogP contribution in [-0.2, 0) is 10.8 Å². The van der Waals surface area contributed by atoms with Crippen LogP contribution in [0.5, 0.6) is 0 Å². The van der Waals surface area contributed by atoms with Crippen molar-refractivity contribution in [3.63, 3.8) is 0 Å². The van der Waals surface area contributed by atoms with Crippen molar-refractivity contribution >= 4 is 17.1 Å². The highest BCUT2D eigenvalue weighted by Gasteiger charge is 2.53. The Morgan fingerprint density at radius 2 is 0.889 bits per heavy atom. The molecular weight excluding hydrogens is 759 g/mol. The Hall–Kier alpha value is -6.44. The standard InChI is InChI=1S/C62H53N/c1-61(2)52-26-13-10-24-47(52)48-36-33-45(39-55(48)61)63(58-29-15-12-23-46(58)42-21-4-3-5-22-42)59-30-16-28-54-60(59)51-25-11-14-27-53(51)62(54)56-37-43(40-17-6-7-18-40)31-34-49(56)50-35-32-44(38-57(50)62)41-19-8-9-20-41/h3-5,10-16,21-41H,6-9,17-20H2,1-2H3. The summed E-state index contributed by atoms with van der Waals surface area (Å²) in [6.07, 6.45) is 10.5. The summed E-state index contributed by atoms with van der Waals surface area (Å²) in [6.45, 7) is 4.80. The fraction of sp³-hybridized carbons (Fsp3) is 0.226. The molecule has 0 atom stereocenters. The van der Waals surface area contributed by atoms with Crippen molar-refractivity contribution < 1.29 is 0 Å². The number of rotatable bonds is 6. The van der Waals surface area contributed by atoms with E-state index in [0.29, 0.717) is 11.8 Å². The Morgan fingerprint density at radius 3 is 1.57 bits per heavy atom. The predicted molar refractivity (Wildman–Crippen MR) is 263 cm³/mol. The van der Waals surface area contributed by atoms with E-state index in [-0.39, 0.29) is 5.41 Å². The molecule has 0 bridgehead atoms. The van der Waals surface area contributed by atoms with Crippen molar-refractivity contribution in [3.8, 4) is 44.5 Å². The van der Waals surface area contributed by atoms with Crippen LogP contribution in [0, 0.1) is 0 Å². The monoisotopic (exact) mass is 811 g/mol. The second-order valence-corrected chi connectivity index (χ2v) is 19.7. The molecule has 2 fully saturated rings. The first-order valence-electron chi connectivity index (χ1n) is 23.7. The number of benzene rings is 8. The molecule has 0 aromatic heterocycles. The summed E-state index contributed by atoms with van der Waals surface area (Å²) < 4.78 is 0. The van der Waals surface area contributed by atoms with Gasteiger partial charge < -0.3 is 4.90 Å². The molecule has 1 spiro atoms. The third-order valence-electron chi connectivity index (χ3n) is 16.2. The summed E-state index contributed by atoms with van der Waals surface area (Å²) in [6, 6.07) is 68.4. The summed E-state index contributed by atoms with van der Waals surface area (Å²) in [5.74, 6) is 1.26. The van der Waals surface area contributed by atoms with Crippen molar-refractivity contribution in [3.05, 3.63) is 220 Å².